The maximum Gasteiger partial charge on any atom is 0.564 e. The first-order valence-corrected chi connectivity index (χ1v) is 5.78. The second kappa shape index (κ2) is 6.55. The Morgan fingerprint density at radius 1 is 1.14 bits per heavy atom. The van der Waals surface area contributed by atoms with Gasteiger partial charge in [0.15, 0.2) is 0 Å². The smallest absolute Gasteiger partial charge is 0.482 e. The van der Waals surface area contributed by atoms with Crippen LogP contribution in [0, 0.1) is 0 Å². The van der Waals surface area contributed by atoms with E-state index in [0.29, 0.717) is 0 Å². The highest BCUT2D eigenvalue weighted by atomic mass is 28.3. The van der Waals surface area contributed by atoms with Gasteiger partial charge in [-0.3, -0.25) is 9.59 Å². The van der Waals surface area contributed by atoms with Gasteiger partial charge in [-0.05, 0) is 13.8 Å². The minimum absolute atomic E-state index is 0.0149. The number of rotatable bonds is 5. The van der Waals surface area contributed by atoms with Gasteiger partial charge in [0.05, 0.1) is 6.10 Å². The molecule has 0 saturated carbocycles. The normalized spacial score (nSPS) is 10.4. The summed E-state index contributed by atoms with van der Waals surface area (Å²) in [7, 11) is -1.96. The zero-order chi connectivity index (χ0) is 11.1. The summed E-state index contributed by atoms with van der Waals surface area (Å²) in [4.78, 5) is 21.3. The number of carbonyl (C=O) groups is 2. The molecule has 1 radical (unpaired) electrons. The molecule has 14 heavy (non-hydrogen) atoms. The Labute approximate surface area is 85.2 Å². The van der Waals surface area contributed by atoms with Crippen molar-refractivity contribution in [2.45, 2.75) is 33.8 Å². The molecular weight excluding hydrogens is 204 g/mol. The van der Waals surface area contributed by atoms with Crippen LogP contribution in [0.5, 0.6) is 0 Å². The van der Waals surface area contributed by atoms with Gasteiger partial charge in [0.1, 0.15) is 6.23 Å². The highest BCUT2D eigenvalue weighted by Gasteiger charge is 2.24. The molecule has 0 aliphatic carbocycles. The molecule has 6 heteroatoms. The quantitative estimate of drug-likeness (QED) is 0.632. The fourth-order valence-electron chi connectivity index (χ4n) is 0.635. The second-order valence-electron chi connectivity index (χ2n) is 2.92. The molecule has 0 aromatic rings. The highest BCUT2D eigenvalue weighted by Crippen LogP contribution is 1.96. The third-order valence-corrected chi connectivity index (χ3v) is 2.48. The molecule has 0 unspecified atom stereocenters. The predicted octanol–water partition coefficient (Wildman–Crippen LogP) is 0.565. The van der Waals surface area contributed by atoms with Crippen molar-refractivity contribution in [3.8, 4) is 0 Å². The SMILES string of the molecule is CC(=O)O[Si](COC(C)C)OC(C)=O. The zero-order valence-corrected chi connectivity index (χ0v) is 9.83. The maximum absolute atomic E-state index is 10.6. The minimum Gasteiger partial charge on any atom is -0.482 e. The van der Waals surface area contributed by atoms with E-state index in [2.05, 4.69) is 0 Å². The standard InChI is InChI=1S/C8H15O5Si/c1-6(2)11-5-14(12-7(3)9)13-8(4)10/h6H,5H2,1-4H3. The summed E-state index contributed by atoms with van der Waals surface area (Å²) in [5, 5.41) is 0. The van der Waals surface area contributed by atoms with Crippen LogP contribution in [0.4, 0.5) is 0 Å². The van der Waals surface area contributed by atoms with E-state index in [9.17, 15) is 9.59 Å². The summed E-state index contributed by atoms with van der Waals surface area (Å²) in [5.41, 5.74) is 0. The van der Waals surface area contributed by atoms with Crippen molar-refractivity contribution in [3.05, 3.63) is 0 Å². The molecule has 0 fully saturated rings. The Hall–Kier alpha value is -0.883. The van der Waals surface area contributed by atoms with Gasteiger partial charge < -0.3 is 13.6 Å². The van der Waals surface area contributed by atoms with Crippen LogP contribution in [0.15, 0.2) is 0 Å². The van der Waals surface area contributed by atoms with E-state index >= 15 is 0 Å². The van der Waals surface area contributed by atoms with Gasteiger partial charge >= 0.3 is 9.28 Å². The van der Waals surface area contributed by atoms with E-state index in [1.54, 1.807) is 0 Å². The van der Waals surface area contributed by atoms with Crippen molar-refractivity contribution in [1.29, 1.82) is 0 Å². The fourth-order valence-corrected chi connectivity index (χ4v) is 1.91. The van der Waals surface area contributed by atoms with Gasteiger partial charge in [-0.25, -0.2) is 0 Å². The summed E-state index contributed by atoms with van der Waals surface area (Å²) >= 11 is 0. The number of carbonyl (C=O) groups excluding carboxylic acids is 2. The van der Waals surface area contributed by atoms with E-state index in [4.69, 9.17) is 13.6 Å². The topological polar surface area (TPSA) is 61.8 Å². The number of hydrogen-bond donors (Lipinski definition) is 0. The first-order valence-electron chi connectivity index (χ1n) is 4.26. The molecule has 0 saturated heterocycles. The average molecular weight is 219 g/mol. The maximum atomic E-state index is 10.6. The molecule has 0 heterocycles. The molecule has 0 amide bonds. The predicted molar refractivity (Wildman–Crippen MR) is 50.4 cm³/mol. The lowest BCUT2D eigenvalue weighted by atomic mass is 10.5. The fraction of sp³-hybridized carbons (Fsp3) is 0.750. The lowest BCUT2D eigenvalue weighted by Gasteiger charge is -2.14. The van der Waals surface area contributed by atoms with Gasteiger partial charge in [0, 0.05) is 13.8 Å². The van der Waals surface area contributed by atoms with Gasteiger partial charge in [0.25, 0.3) is 11.9 Å². The Kier molecular flexibility index (Phi) is 6.14. The molecule has 0 aromatic carbocycles. The first-order chi connectivity index (χ1) is 6.41. The Balaban J connectivity index is 3.96. The van der Waals surface area contributed by atoms with Crippen LogP contribution in [0.1, 0.15) is 27.7 Å². The molecule has 0 aliphatic heterocycles. The largest absolute Gasteiger partial charge is 0.564 e. The molecule has 0 aromatic heterocycles. The summed E-state index contributed by atoms with van der Waals surface area (Å²) in [6.45, 7) is 6.23. The van der Waals surface area contributed by atoms with Gasteiger partial charge in [-0.2, -0.15) is 0 Å². The van der Waals surface area contributed by atoms with Crippen molar-refractivity contribution in [2.75, 3.05) is 6.23 Å². The zero-order valence-electron chi connectivity index (χ0n) is 8.83. The van der Waals surface area contributed by atoms with Gasteiger partial charge in [0.2, 0.25) is 0 Å². The van der Waals surface area contributed by atoms with Crippen molar-refractivity contribution in [1.82, 2.24) is 0 Å². The third kappa shape index (κ3) is 7.75. The molecular formula is C8H15O5Si. The third-order valence-electron chi connectivity index (χ3n) is 1.05. The van der Waals surface area contributed by atoms with Crippen LogP contribution in [0.3, 0.4) is 0 Å². The monoisotopic (exact) mass is 219 g/mol. The van der Waals surface area contributed by atoms with E-state index in [1.807, 2.05) is 13.8 Å². The Morgan fingerprint density at radius 2 is 1.57 bits per heavy atom. The van der Waals surface area contributed by atoms with Gasteiger partial charge in [-0.1, -0.05) is 0 Å². The summed E-state index contributed by atoms with van der Waals surface area (Å²) < 4.78 is 14.8. The first kappa shape index (κ1) is 13.1. The van der Waals surface area contributed by atoms with Crippen molar-refractivity contribution in [3.63, 3.8) is 0 Å². The van der Waals surface area contributed by atoms with Crippen LogP contribution < -0.4 is 0 Å². The summed E-state index contributed by atoms with van der Waals surface area (Å²) in [6.07, 6.45) is 0.169. The average Bonchev–Trinajstić information content (AvgIpc) is 1.97. The lowest BCUT2D eigenvalue weighted by Crippen LogP contribution is -2.34. The van der Waals surface area contributed by atoms with E-state index < -0.39 is 21.2 Å². The van der Waals surface area contributed by atoms with E-state index in [1.165, 1.54) is 13.8 Å². The Morgan fingerprint density at radius 3 is 1.86 bits per heavy atom. The lowest BCUT2D eigenvalue weighted by molar-refractivity contribution is -0.138. The number of hydrogen-bond acceptors (Lipinski definition) is 5. The van der Waals surface area contributed by atoms with Crippen molar-refractivity contribution >= 4 is 21.2 Å². The minimum atomic E-state index is -1.96. The summed E-state index contributed by atoms with van der Waals surface area (Å²) in [5.74, 6) is -0.931. The van der Waals surface area contributed by atoms with Crippen molar-refractivity contribution in [2.24, 2.45) is 0 Å². The highest BCUT2D eigenvalue weighted by molar-refractivity contribution is 6.48. The van der Waals surface area contributed by atoms with Crippen LogP contribution in [-0.2, 0) is 23.2 Å². The molecule has 0 rings (SSSR count). The Bertz CT molecular complexity index is 188. The number of ether oxygens (including phenoxy) is 1. The molecule has 5 nitrogen and oxygen atoms in total. The van der Waals surface area contributed by atoms with Gasteiger partial charge in [-0.15, -0.1) is 0 Å². The molecule has 0 N–H and O–H groups in total. The van der Waals surface area contributed by atoms with E-state index in [-0.39, 0.29) is 12.3 Å². The molecule has 0 spiro atoms. The summed E-state index contributed by atoms with van der Waals surface area (Å²) in [6, 6.07) is 0. The van der Waals surface area contributed by atoms with Crippen LogP contribution in [0.25, 0.3) is 0 Å². The van der Waals surface area contributed by atoms with Crippen molar-refractivity contribution < 1.29 is 23.2 Å². The molecule has 0 bridgehead atoms. The second-order valence-corrected chi connectivity index (χ2v) is 4.36. The van der Waals surface area contributed by atoms with Crippen LogP contribution in [-0.4, -0.2) is 33.6 Å². The van der Waals surface area contributed by atoms with E-state index in [0.717, 1.165) is 0 Å². The molecule has 0 aliphatic rings. The van der Waals surface area contributed by atoms with Crippen LogP contribution in [0.2, 0.25) is 0 Å². The molecule has 0 atom stereocenters. The van der Waals surface area contributed by atoms with Crippen LogP contribution >= 0.6 is 0 Å². The molecule has 81 valence electrons.